The number of amides is 2. The van der Waals surface area contributed by atoms with Gasteiger partial charge in [0.2, 0.25) is 0 Å². The second-order valence-electron chi connectivity index (χ2n) is 9.67. The van der Waals surface area contributed by atoms with Gasteiger partial charge in [0.15, 0.2) is 0 Å². The Morgan fingerprint density at radius 1 is 1.25 bits per heavy atom. The quantitative estimate of drug-likeness (QED) is 0.366. The van der Waals surface area contributed by atoms with Crippen molar-refractivity contribution in [3.05, 3.63) is 41.9 Å². The number of ether oxygens (including phenoxy) is 1. The molecule has 190 valence electrons. The topological polar surface area (TPSA) is 147 Å². The predicted molar refractivity (Wildman–Crippen MR) is 134 cm³/mol. The summed E-state index contributed by atoms with van der Waals surface area (Å²) in [4.78, 5) is 45.1. The summed E-state index contributed by atoms with van der Waals surface area (Å²) in [5, 5.41) is 17.9. The molecule has 0 radical (unpaired) electrons. The number of aryl methyl sites for hydroxylation is 1. The minimum Gasteiger partial charge on any atom is -0.481 e. The van der Waals surface area contributed by atoms with E-state index in [0.29, 0.717) is 41.3 Å². The van der Waals surface area contributed by atoms with Crippen molar-refractivity contribution in [3.63, 3.8) is 0 Å². The highest BCUT2D eigenvalue weighted by Crippen LogP contribution is 2.32. The third-order valence-electron chi connectivity index (χ3n) is 5.65. The lowest BCUT2D eigenvalue weighted by atomic mass is 10.1. The van der Waals surface area contributed by atoms with Gasteiger partial charge >= 0.3 is 12.1 Å². The van der Waals surface area contributed by atoms with E-state index in [9.17, 15) is 19.5 Å². The van der Waals surface area contributed by atoms with Gasteiger partial charge in [0, 0.05) is 37.0 Å². The van der Waals surface area contributed by atoms with Crippen molar-refractivity contribution < 1.29 is 24.2 Å². The molecule has 0 aliphatic carbocycles. The van der Waals surface area contributed by atoms with Crippen molar-refractivity contribution in [2.75, 3.05) is 25.0 Å². The summed E-state index contributed by atoms with van der Waals surface area (Å²) >= 11 is 0. The second kappa shape index (κ2) is 9.84. The van der Waals surface area contributed by atoms with Gasteiger partial charge in [-0.3, -0.25) is 9.59 Å². The fraction of sp³-hybridized carbons (Fsp3) is 0.400. The molecule has 2 amide bonds. The van der Waals surface area contributed by atoms with Gasteiger partial charge in [0.05, 0.1) is 29.2 Å². The number of anilines is 1. The van der Waals surface area contributed by atoms with Gasteiger partial charge in [-0.05, 0) is 39.8 Å². The monoisotopic (exact) mass is 494 g/mol. The Labute approximate surface area is 208 Å². The van der Waals surface area contributed by atoms with Crippen molar-refractivity contribution in [3.8, 4) is 11.1 Å². The molecule has 2 aromatic heterocycles. The molecule has 4 rings (SSSR count). The van der Waals surface area contributed by atoms with E-state index >= 15 is 0 Å². The number of carboxylic acids is 1. The van der Waals surface area contributed by atoms with Gasteiger partial charge in [-0.25, -0.2) is 14.8 Å². The van der Waals surface area contributed by atoms with Crippen molar-refractivity contribution in [2.24, 2.45) is 0 Å². The van der Waals surface area contributed by atoms with E-state index in [0.717, 1.165) is 11.1 Å². The van der Waals surface area contributed by atoms with E-state index in [1.807, 2.05) is 25.1 Å². The Morgan fingerprint density at radius 3 is 2.75 bits per heavy atom. The Kier molecular flexibility index (Phi) is 6.82. The molecule has 0 saturated heterocycles. The third kappa shape index (κ3) is 5.56. The number of carbonyl (C=O) groups excluding carboxylic acids is 2. The molecular weight excluding hydrogens is 464 g/mol. The van der Waals surface area contributed by atoms with Gasteiger partial charge in [-0.2, -0.15) is 0 Å². The van der Waals surface area contributed by atoms with E-state index < -0.39 is 17.7 Å². The molecule has 11 heteroatoms. The van der Waals surface area contributed by atoms with Crippen LogP contribution in [0.5, 0.6) is 0 Å². The molecule has 1 aliphatic heterocycles. The summed E-state index contributed by atoms with van der Waals surface area (Å²) in [5.74, 6) is -0.600. The number of rotatable bonds is 7. The number of hydrogen-bond donors (Lipinski definition) is 4. The Hall–Kier alpha value is -4.15. The van der Waals surface area contributed by atoms with Crippen LogP contribution in [-0.2, 0) is 9.53 Å². The van der Waals surface area contributed by atoms with Crippen LogP contribution in [0.15, 0.2) is 30.5 Å². The summed E-state index contributed by atoms with van der Waals surface area (Å²) in [6.07, 6.45) is 1.22. The van der Waals surface area contributed by atoms with Crippen LogP contribution in [0, 0.1) is 6.92 Å². The zero-order chi connectivity index (χ0) is 26.0. The average molecular weight is 495 g/mol. The lowest BCUT2D eigenvalue weighted by molar-refractivity contribution is -0.137. The van der Waals surface area contributed by atoms with Crippen LogP contribution in [0.4, 0.5) is 10.6 Å². The number of alkyl carbamates (subject to hydrolysis) is 1. The molecule has 1 aliphatic rings. The number of nitrogens with zero attached hydrogens (tertiary/aromatic N) is 3. The van der Waals surface area contributed by atoms with Crippen LogP contribution in [0.25, 0.3) is 22.2 Å². The molecule has 4 N–H and O–H groups in total. The van der Waals surface area contributed by atoms with Crippen molar-refractivity contribution >= 4 is 34.8 Å². The van der Waals surface area contributed by atoms with Gasteiger partial charge in [-0.15, -0.1) is 0 Å². The second-order valence-corrected chi connectivity index (χ2v) is 9.67. The van der Waals surface area contributed by atoms with Crippen LogP contribution in [0.2, 0.25) is 0 Å². The van der Waals surface area contributed by atoms with Crippen molar-refractivity contribution in [2.45, 2.75) is 45.8 Å². The highest BCUT2D eigenvalue weighted by atomic mass is 16.6. The number of aliphatic carboxylic acids is 1. The predicted octanol–water partition coefficient (Wildman–Crippen LogP) is 3.10. The molecule has 11 nitrogen and oxygen atoms in total. The van der Waals surface area contributed by atoms with E-state index in [2.05, 4.69) is 20.9 Å². The number of carbonyl (C=O) groups is 3. The Balaban J connectivity index is 1.58. The minimum atomic E-state index is -0.930. The number of nitrogens with one attached hydrogen (secondary N) is 3. The van der Waals surface area contributed by atoms with Gasteiger partial charge < -0.3 is 30.4 Å². The number of carboxylic acid groups (broad SMARTS) is 1. The molecule has 0 fully saturated rings. The molecule has 1 atom stereocenters. The van der Waals surface area contributed by atoms with Crippen LogP contribution < -0.4 is 16.0 Å². The average Bonchev–Trinajstić information content (AvgIpc) is 3.23. The maximum atomic E-state index is 12.4. The third-order valence-corrected chi connectivity index (χ3v) is 5.65. The molecule has 3 heterocycles. The molecule has 36 heavy (non-hydrogen) atoms. The molecule has 0 spiro atoms. The van der Waals surface area contributed by atoms with Crippen molar-refractivity contribution in [1.82, 2.24) is 25.2 Å². The van der Waals surface area contributed by atoms with Crippen LogP contribution in [-0.4, -0.2) is 62.8 Å². The van der Waals surface area contributed by atoms with Gasteiger partial charge in [-0.1, -0.05) is 12.1 Å². The lowest BCUT2D eigenvalue weighted by Gasteiger charge is -2.25. The Bertz CT molecular complexity index is 1330. The fourth-order valence-corrected chi connectivity index (χ4v) is 4.11. The summed E-state index contributed by atoms with van der Waals surface area (Å²) < 4.78 is 6.96. The van der Waals surface area contributed by atoms with E-state index in [1.165, 1.54) is 0 Å². The summed E-state index contributed by atoms with van der Waals surface area (Å²) in [5.41, 5.74) is 3.40. The first-order valence-electron chi connectivity index (χ1n) is 11.7. The molecule has 1 unspecified atom stereocenters. The first-order chi connectivity index (χ1) is 17.0. The standard InChI is InChI=1S/C25H30N6O5/c1-14-22(26-8-9-27-24(35)36-25(2,3)4)30-21-17(6-5-7-18(21)29-14)15-10-19-23(34)28-12-16(11-20(32)33)31(19)13-15/h5-7,10,13,16H,8-9,11-12H2,1-4H3,(H,26,30)(H,27,35)(H,28,34)(H,32,33). The number of aromatic nitrogens is 3. The zero-order valence-corrected chi connectivity index (χ0v) is 20.7. The molecule has 0 saturated carbocycles. The van der Waals surface area contributed by atoms with Gasteiger partial charge in [0.25, 0.3) is 5.91 Å². The lowest BCUT2D eigenvalue weighted by Crippen LogP contribution is -2.39. The first kappa shape index (κ1) is 25.0. The van der Waals surface area contributed by atoms with E-state index in [1.54, 1.807) is 37.6 Å². The first-order valence-corrected chi connectivity index (χ1v) is 11.7. The van der Waals surface area contributed by atoms with Crippen LogP contribution in [0.3, 0.4) is 0 Å². The SMILES string of the molecule is Cc1nc2cccc(-c3cc4n(c3)C(CC(=O)O)CNC4=O)c2nc1NCCNC(=O)OC(C)(C)C. The molecular formula is C25H30N6O5. The molecule has 3 aromatic rings. The number of benzene rings is 1. The number of fused-ring (bicyclic) bond motifs is 2. The van der Waals surface area contributed by atoms with Crippen LogP contribution >= 0.6 is 0 Å². The normalized spacial score (nSPS) is 15.2. The van der Waals surface area contributed by atoms with E-state index in [-0.39, 0.29) is 24.9 Å². The number of hydrogen-bond acceptors (Lipinski definition) is 7. The van der Waals surface area contributed by atoms with E-state index in [4.69, 9.17) is 9.72 Å². The smallest absolute Gasteiger partial charge is 0.407 e. The zero-order valence-electron chi connectivity index (χ0n) is 20.7. The van der Waals surface area contributed by atoms with Crippen molar-refractivity contribution in [1.29, 1.82) is 0 Å². The minimum absolute atomic E-state index is 0.0959. The highest BCUT2D eigenvalue weighted by Gasteiger charge is 2.28. The fourth-order valence-electron chi connectivity index (χ4n) is 4.11. The maximum absolute atomic E-state index is 12.4. The highest BCUT2D eigenvalue weighted by molar-refractivity contribution is 5.98. The molecule has 1 aromatic carbocycles. The number of para-hydroxylation sites is 1. The summed E-state index contributed by atoms with van der Waals surface area (Å²) in [6.45, 7) is 8.26. The molecule has 0 bridgehead atoms. The van der Waals surface area contributed by atoms with Gasteiger partial charge in [0.1, 0.15) is 17.1 Å². The largest absolute Gasteiger partial charge is 0.481 e. The maximum Gasteiger partial charge on any atom is 0.407 e. The Morgan fingerprint density at radius 2 is 2.03 bits per heavy atom. The van der Waals surface area contributed by atoms with Crippen LogP contribution in [0.1, 0.15) is 49.4 Å². The summed E-state index contributed by atoms with van der Waals surface area (Å²) in [7, 11) is 0. The summed E-state index contributed by atoms with van der Waals surface area (Å²) in [6, 6.07) is 7.00.